The molecule has 0 unspecified atom stereocenters. The molecule has 2 rings (SSSR count). The molecule has 5 nitrogen and oxygen atoms in total. The van der Waals surface area contributed by atoms with E-state index in [1.165, 1.54) is 0 Å². The van der Waals surface area contributed by atoms with E-state index in [0.29, 0.717) is 11.9 Å². The van der Waals surface area contributed by atoms with Crippen LogP contribution in [0.25, 0.3) is 0 Å². The van der Waals surface area contributed by atoms with Crippen molar-refractivity contribution in [2.45, 2.75) is 18.4 Å². The van der Waals surface area contributed by atoms with Crippen molar-refractivity contribution in [3.05, 3.63) is 33.9 Å². The van der Waals surface area contributed by atoms with E-state index in [-0.39, 0.29) is 16.7 Å². The van der Waals surface area contributed by atoms with Gasteiger partial charge in [0.05, 0.1) is 17.6 Å². The van der Waals surface area contributed by atoms with Crippen molar-refractivity contribution in [3.8, 4) is 0 Å². The van der Waals surface area contributed by atoms with Gasteiger partial charge in [-0.15, -0.1) is 0 Å². The number of benzene rings is 1. The Labute approximate surface area is 114 Å². The monoisotopic (exact) mass is 314 g/mol. The molecule has 0 N–H and O–H groups in total. The Morgan fingerprint density at radius 3 is 2.94 bits per heavy atom. The molecule has 18 heavy (non-hydrogen) atoms. The van der Waals surface area contributed by atoms with Crippen LogP contribution in [-0.2, 0) is 10.1 Å². The van der Waals surface area contributed by atoms with Crippen molar-refractivity contribution in [1.29, 1.82) is 0 Å². The highest BCUT2D eigenvalue weighted by atomic mass is 79.9. The lowest BCUT2D eigenvalue weighted by Gasteiger charge is -2.33. The van der Waals surface area contributed by atoms with Gasteiger partial charge in [-0.05, 0) is 18.6 Å². The minimum atomic E-state index is -0.348. The summed E-state index contributed by atoms with van der Waals surface area (Å²) < 4.78 is 5.48. The van der Waals surface area contributed by atoms with E-state index in [4.69, 9.17) is 4.74 Å². The van der Waals surface area contributed by atoms with Crippen molar-refractivity contribution in [3.63, 3.8) is 0 Å². The second kappa shape index (κ2) is 5.67. The Bertz CT molecular complexity index is 453. The zero-order chi connectivity index (χ0) is 13.1. The lowest BCUT2D eigenvalue weighted by Crippen LogP contribution is -2.41. The van der Waals surface area contributed by atoms with E-state index in [9.17, 15) is 10.1 Å². The molecule has 0 saturated carbocycles. The van der Waals surface area contributed by atoms with E-state index in [1.807, 2.05) is 13.0 Å². The van der Waals surface area contributed by atoms with Crippen LogP contribution in [0, 0.1) is 10.1 Å². The molecule has 1 atom stereocenters. The Morgan fingerprint density at radius 1 is 1.56 bits per heavy atom. The fourth-order valence-electron chi connectivity index (χ4n) is 2.07. The van der Waals surface area contributed by atoms with Crippen LogP contribution in [-0.4, -0.2) is 30.7 Å². The summed E-state index contributed by atoms with van der Waals surface area (Å²) in [6.45, 7) is 4.21. The second-order valence-corrected chi connectivity index (χ2v) is 4.94. The fourth-order valence-corrected chi connectivity index (χ4v) is 2.40. The van der Waals surface area contributed by atoms with Crippen LogP contribution >= 0.6 is 15.9 Å². The van der Waals surface area contributed by atoms with Crippen LogP contribution in [0.5, 0.6) is 0 Å². The first-order valence-electron chi connectivity index (χ1n) is 5.81. The normalized spacial score (nSPS) is 19.9. The maximum Gasteiger partial charge on any atom is 0.271 e. The predicted molar refractivity (Wildman–Crippen MR) is 73.4 cm³/mol. The molecular weight excluding hydrogens is 300 g/mol. The maximum absolute atomic E-state index is 10.9. The molecule has 6 heteroatoms. The standard InChI is InChI=1S/C12H15BrN2O3/c1-9-8-14(2-3-18-9)11-4-10(7-13)5-12(6-11)15(16)17/h4-6,9H,2-3,7-8H2,1H3/t9-/m0/s1. The van der Waals surface area contributed by atoms with Gasteiger partial charge in [-0.1, -0.05) is 15.9 Å². The second-order valence-electron chi connectivity index (χ2n) is 4.38. The third-order valence-corrected chi connectivity index (χ3v) is 3.58. The van der Waals surface area contributed by atoms with Gasteiger partial charge in [0.25, 0.3) is 5.69 Å². The zero-order valence-electron chi connectivity index (χ0n) is 10.1. The van der Waals surface area contributed by atoms with E-state index in [2.05, 4.69) is 20.8 Å². The van der Waals surface area contributed by atoms with Crippen molar-refractivity contribution in [1.82, 2.24) is 0 Å². The van der Waals surface area contributed by atoms with Crippen LogP contribution < -0.4 is 4.90 Å². The van der Waals surface area contributed by atoms with Crippen LogP contribution in [0.2, 0.25) is 0 Å². The molecule has 98 valence electrons. The summed E-state index contributed by atoms with van der Waals surface area (Å²) in [4.78, 5) is 12.7. The Morgan fingerprint density at radius 2 is 2.33 bits per heavy atom. The van der Waals surface area contributed by atoms with Crippen molar-refractivity contribution in [2.24, 2.45) is 0 Å². The number of nitro groups is 1. The zero-order valence-corrected chi connectivity index (χ0v) is 11.7. The van der Waals surface area contributed by atoms with E-state index in [1.54, 1.807) is 12.1 Å². The molecule has 1 heterocycles. The van der Waals surface area contributed by atoms with Crippen LogP contribution in [0.3, 0.4) is 0 Å². The van der Waals surface area contributed by atoms with Crippen molar-refractivity contribution >= 4 is 27.3 Å². The molecule has 1 aliphatic heterocycles. The number of ether oxygens (including phenoxy) is 1. The lowest BCUT2D eigenvalue weighted by atomic mass is 10.1. The topological polar surface area (TPSA) is 55.6 Å². The van der Waals surface area contributed by atoms with Crippen molar-refractivity contribution < 1.29 is 9.66 Å². The van der Waals surface area contributed by atoms with Gasteiger partial charge in [0.15, 0.2) is 0 Å². The summed E-state index contributed by atoms with van der Waals surface area (Å²) in [6, 6.07) is 5.21. The molecule has 1 fully saturated rings. The SMILES string of the molecule is C[C@H]1CN(c2cc(CBr)cc([N+](=O)[O-])c2)CCO1. The molecule has 1 aliphatic rings. The van der Waals surface area contributed by atoms with Crippen LogP contribution in [0.4, 0.5) is 11.4 Å². The average Bonchev–Trinajstić information content (AvgIpc) is 2.38. The molecule has 1 aromatic carbocycles. The first-order chi connectivity index (χ1) is 8.60. The van der Waals surface area contributed by atoms with Gasteiger partial charge >= 0.3 is 0 Å². The maximum atomic E-state index is 10.9. The highest BCUT2D eigenvalue weighted by Gasteiger charge is 2.19. The molecule has 0 bridgehead atoms. The molecule has 0 amide bonds. The summed E-state index contributed by atoms with van der Waals surface area (Å²) in [5.74, 6) is 0. The minimum absolute atomic E-state index is 0.140. The largest absolute Gasteiger partial charge is 0.375 e. The number of nitrogens with zero attached hydrogens (tertiary/aromatic N) is 2. The van der Waals surface area contributed by atoms with E-state index in [0.717, 1.165) is 24.3 Å². The summed E-state index contributed by atoms with van der Waals surface area (Å²) >= 11 is 3.35. The van der Waals surface area contributed by atoms with E-state index >= 15 is 0 Å². The molecule has 1 saturated heterocycles. The Kier molecular flexibility index (Phi) is 4.19. The van der Waals surface area contributed by atoms with Gasteiger partial charge in [0, 0.05) is 36.2 Å². The van der Waals surface area contributed by atoms with Crippen LogP contribution in [0.15, 0.2) is 18.2 Å². The quantitative estimate of drug-likeness (QED) is 0.489. The van der Waals surface area contributed by atoms with Gasteiger partial charge in [0.1, 0.15) is 0 Å². The average molecular weight is 315 g/mol. The summed E-state index contributed by atoms with van der Waals surface area (Å²) in [7, 11) is 0. The first kappa shape index (κ1) is 13.3. The Balaban J connectivity index is 2.31. The fraction of sp³-hybridized carbons (Fsp3) is 0.500. The third-order valence-electron chi connectivity index (χ3n) is 2.93. The molecule has 0 aliphatic carbocycles. The predicted octanol–water partition coefficient (Wildman–Crippen LogP) is 2.71. The molecular formula is C12H15BrN2O3. The van der Waals surface area contributed by atoms with Crippen molar-refractivity contribution in [2.75, 3.05) is 24.6 Å². The lowest BCUT2D eigenvalue weighted by molar-refractivity contribution is -0.384. The highest BCUT2D eigenvalue weighted by molar-refractivity contribution is 9.08. The number of hydrogen-bond donors (Lipinski definition) is 0. The number of alkyl halides is 1. The number of anilines is 1. The first-order valence-corrected chi connectivity index (χ1v) is 6.93. The van der Waals surface area contributed by atoms with Gasteiger partial charge < -0.3 is 9.64 Å². The summed E-state index contributed by atoms with van der Waals surface area (Å²) in [6.07, 6.45) is 0.158. The number of non-ortho nitro benzene ring substituents is 1. The summed E-state index contributed by atoms with van der Waals surface area (Å²) in [5.41, 5.74) is 1.95. The molecule has 0 radical (unpaired) electrons. The smallest absolute Gasteiger partial charge is 0.271 e. The number of hydrogen-bond acceptors (Lipinski definition) is 4. The van der Waals surface area contributed by atoms with E-state index < -0.39 is 0 Å². The van der Waals surface area contributed by atoms with Gasteiger partial charge in [-0.2, -0.15) is 0 Å². The highest BCUT2D eigenvalue weighted by Crippen LogP contribution is 2.26. The van der Waals surface area contributed by atoms with Gasteiger partial charge in [0.2, 0.25) is 0 Å². The summed E-state index contributed by atoms with van der Waals surface area (Å²) in [5, 5.41) is 11.5. The van der Waals surface area contributed by atoms with Crippen LogP contribution in [0.1, 0.15) is 12.5 Å². The number of morpholine rings is 1. The minimum Gasteiger partial charge on any atom is -0.375 e. The van der Waals surface area contributed by atoms with Gasteiger partial charge in [-0.25, -0.2) is 0 Å². The third kappa shape index (κ3) is 3.00. The number of halogens is 1. The van der Waals surface area contributed by atoms with Gasteiger partial charge in [-0.3, -0.25) is 10.1 Å². The molecule has 0 aromatic heterocycles. The molecule has 0 spiro atoms. The number of nitro benzene ring substituents is 1. The molecule has 1 aromatic rings. The number of rotatable bonds is 3. The Hall–Kier alpha value is -1.14.